The van der Waals surface area contributed by atoms with Crippen molar-refractivity contribution in [3.8, 4) is 23.3 Å². The zero-order chi connectivity index (χ0) is 33.0. The van der Waals surface area contributed by atoms with Gasteiger partial charge in [-0.05, 0) is 30.9 Å². The quantitative estimate of drug-likeness (QED) is 0.243. The van der Waals surface area contributed by atoms with Crippen molar-refractivity contribution in [3.05, 3.63) is 31.0 Å². The minimum absolute atomic E-state index is 0. The molecule has 0 spiro atoms. The monoisotopic (exact) mass is 604 g/mol. The van der Waals surface area contributed by atoms with Crippen LogP contribution in [-0.4, -0.2) is 92.5 Å². The molecule has 2 atom stereocenters. The van der Waals surface area contributed by atoms with Crippen LogP contribution in [0.4, 0.5) is 4.79 Å². The number of carboxylic acid groups (broad SMARTS) is 1. The van der Waals surface area contributed by atoms with Crippen LogP contribution in [0.15, 0.2) is 31.0 Å². The Kier molecular flexibility index (Phi) is 9.79. The molecule has 1 saturated heterocycles. The molecule has 1 amide bonds. The molecule has 220 valence electrons. The first kappa shape index (κ1) is 28.1. The van der Waals surface area contributed by atoms with Gasteiger partial charge in [-0.2, -0.15) is 16.3 Å². The molecule has 0 radical (unpaired) electrons. The van der Waals surface area contributed by atoms with Gasteiger partial charge in [-0.1, -0.05) is 19.6 Å². The van der Waals surface area contributed by atoms with Crippen molar-refractivity contribution >= 4 is 32.9 Å². The molecule has 0 aromatic carbocycles. The first-order chi connectivity index (χ1) is 21.2. The number of piperazine rings is 1. The van der Waals surface area contributed by atoms with Crippen molar-refractivity contribution < 1.29 is 47.0 Å². The van der Waals surface area contributed by atoms with E-state index in [9.17, 15) is 15.2 Å². The Morgan fingerprint density at radius 3 is 2.83 bits per heavy atom. The van der Waals surface area contributed by atoms with E-state index in [4.69, 9.17) is 15.4 Å². The summed E-state index contributed by atoms with van der Waals surface area (Å²) in [5, 5.41) is 35.6. The van der Waals surface area contributed by atoms with Gasteiger partial charge < -0.3 is 26.1 Å². The Labute approximate surface area is 277 Å². The van der Waals surface area contributed by atoms with Gasteiger partial charge >= 0.3 is 35.7 Å². The number of ether oxygens (including phenoxy) is 1. The molecule has 2 fully saturated rings. The maximum atomic E-state index is 11.5. The number of hydrogen-bond acceptors (Lipinski definition) is 8. The Hall–Kier alpha value is -2.72. The molecule has 2 N–H and O–H groups in total. The predicted octanol–water partition coefficient (Wildman–Crippen LogP) is -0.473. The molecule has 15 heteroatoms. The molecule has 2 aliphatic rings. The van der Waals surface area contributed by atoms with Gasteiger partial charge in [-0.15, -0.1) is 0 Å². The predicted molar refractivity (Wildman–Crippen MR) is 162 cm³/mol. The Morgan fingerprint density at radius 2 is 2.17 bits per heavy atom. The Bertz CT molecular complexity index is 1580. The first-order valence-corrected chi connectivity index (χ1v) is 17.3. The normalized spacial score (nSPS) is 25.2. The van der Waals surface area contributed by atoms with Gasteiger partial charge in [0.05, 0.1) is 39.0 Å². The molecule has 12 nitrogen and oxygen atoms in total. The summed E-state index contributed by atoms with van der Waals surface area (Å²) in [6, 6.07) is 5.14. The van der Waals surface area contributed by atoms with Gasteiger partial charge in [0.15, 0.2) is 0 Å². The standard InChI is InChI=1S/C26H36N8O3Si.CH3BN.Na.H/c1-38(2,3)11-10-37-18-33-8-4-21-23(29-17-30-24(21)33)20-14-31-34(15-20)26(5-6-27)12-19(13-26)22-16-32(25(35)36)9-7-28-22;2-1-3;;/h4,8,14-15,17,19,22,28H,5,7,9-13,16,18H2,1-3H3,(H,35,36);2H3;;/q;-1;+1;-1/i16D;2D3;;. The van der Waals surface area contributed by atoms with Crippen molar-refractivity contribution in [3.63, 3.8) is 0 Å². The molecule has 1 saturated carbocycles. The molecule has 1 aliphatic carbocycles. The van der Waals surface area contributed by atoms with E-state index in [1.807, 2.05) is 27.7 Å². The first-order valence-electron chi connectivity index (χ1n) is 15.9. The van der Waals surface area contributed by atoms with E-state index < -0.39 is 34.0 Å². The third-order valence-electron chi connectivity index (χ3n) is 7.64. The van der Waals surface area contributed by atoms with E-state index in [1.54, 1.807) is 12.5 Å². The molecule has 4 heterocycles. The molecule has 0 bridgehead atoms. The molecular weight excluding hydrogens is 560 g/mol. The van der Waals surface area contributed by atoms with E-state index in [1.165, 1.54) is 10.9 Å². The second-order valence-corrected chi connectivity index (χ2v) is 17.3. The summed E-state index contributed by atoms with van der Waals surface area (Å²) in [6.45, 7) is 8.11. The SMILES string of the molecule is [2H]C1C(C2CC(CC#N)(n3cc(-c4ncnc5c4ccn5COCC[Si](C)(C)C)cn3)C2)NCCN1C(=O)O.[2H][B-]([2H])([2H])C#N.[H-].[Na+]. The van der Waals surface area contributed by atoms with E-state index in [-0.39, 0.29) is 49.4 Å². The van der Waals surface area contributed by atoms with E-state index in [2.05, 4.69) is 46.1 Å². The second-order valence-electron chi connectivity index (χ2n) is 11.7. The van der Waals surface area contributed by atoms with Crippen LogP contribution >= 0.6 is 0 Å². The summed E-state index contributed by atoms with van der Waals surface area (Å²) < 4.78 is 36.9. The Balaban J connectivity index is 0.000000880. The number of aromatic nitrogens is 5. The molecule has 2 unspecified atom stereocenters. The number of nitrogens with zero attached hydrogens (tertiary/aromatic N) is 8. The summed E-state index contributed by atoms with van der Waals surface area (Å²) >= 11 is 0. The van der Waals surface area contributed by atoms with Gasteiger partial charge in [0.25, 0.3) is 0 Å². The average Bonchev–Trinajstić information content (AvgIpc) is 3.61. The molecule has 3 aromatic rings. The van der Waals surface area contributed by atoms with E-state index >= 15 is 0 Å². The van der Waals surface area contributed by atoms with E-state index in [0.29, 0.717) is 32.7 Å². The van der Waals surface area contributed by atoms with Crippen LogP contribution in [0.25, 0.3) is 22.3 Å². The number of hydrogen-bond donors (Lipinski definition) is 2. The second kappa shape index (κ2) is 14.6. The van der Waals surface area contributed by atoms with Crippen LogP contribution in [0.2, 0.25) is 25.7 Å². The van der Waals surface area contributed by atoms with Crippen LogP contribution in [0.3, 0.4) is 0 Å². The zero-order valence-corrected chi connectivity index (χ0v) is 27.7. The van der Waals surface area contributed by atoms with Crippen molar-refractivity contribution in [1.29, 1.82) is 14.5 Å². The fourth-order valence-electron chi connectivity index (χ4n) is 5.43. The van der Waals surface area contributed by atoms with Gasteiger partial charge in [0, 0.05) is 63.7 Å². The number of fused-ring (bicyclic) bond motifs is 1. The van der Waals surface area contributed by atoms with Gasteiger partial charge in [-0.25, -0.2) is 18.8 Å². The number of carbonyl (C=O) groups is 1. The molecular formula is C27H40BN9NaO3Si-. The minimum atomic E-state index is -2.93. The summed E-state index contributed by atoms with van der Waals surface area (Å²) in [4.78, 5) is 21.8. The largest absolute Gasteiger partial charge is 1.00 e. The smallest absolute Gasteiger partial charge is 1.00 e. The molecule has 42 heavy (non-hydrogen) atoms. The number of amides is 1. The van der Waals surface area contributed by atoms with Crippen molar-refractivity contribution in [2.24, 2.45) is 5.92 Å². The maximum absolute atomic E-state index is 11.5. The topological polar surface area (TPSA) is 158 Å². The van der Waals surface area contributed by atoms with Crippen molar-refractivity contribution in [1.82, 2.24) is 34.5 Å². The van der Waals surface area contributed by atoms with Crippen molar-refractivity contribution in [2.75, 3.05) is 26.2 Å². The third-order valence-corrected chi connectivity index (χ3v) is 9.35. The van der Waals surface area contributed by atoms with Gasteiger partial charge in [-0.3, -0.25) is 9.94 Å². The third kappa shape index (κ3) is 7.81. The van der Waals surface area contributed by atoms with E-state index in [0.717, 1.165) is 34.9 Å². The maximum Gasteiger partial charge on any atom is 1.00 e. The summed E-state index contributed by atoms with van der Waals surface area (Å²) in [5.74, 6) is 1.25. The summed E-state index contributed by atoms with van der Waals surface area (Å²) in [7, 11) is -4.09. The van der Waals surface area contributed by atoms with Gasteiger partial charge in [0.2, 0.25) is 0 Å². The van der Waals surface area contributed by atoms with Gasteiger partial charge in [0.1, 0.15) is 18.7 Å². The average molecular weight is 605 g/mol. The fraction of sp³-hybridized carbons (Fsp3) is 0.556. The minimum Gasteiger partial charge on any atom is -1.00 e. The fourth-order valence-corrected chi connectivity index (χ4v) is 6.19. The molecule has 5 rings (SSSR count). The number of nitriles is 2. The van der Waals surface area contributed by atoms with Crippen LogP contribution in [-0.2, 0) is 17.0 Å². The number of rotatable bonds is 9. The summed E-state index contributed by atoms with van der Waals surface area (Å²) in [5.41, 5.74) is 1.91. The summed E-state index contributed by atoms with van der Waals surface area (Å²) in [6.07, 6.45) is 7.73. The molecule has 1 aliphatic heterocycles. The number of nitrogens with one attached hydrogen (secondary N) is 1. The Morgan fingerprint density at radius 1 is 1.40 bits per heavy atom. The van der Waals surface area contributed by atoms with Crippen LogP contribution < -0.4 is 34.9 Å². The van der Waals surface area contributed by atoms with Crippen LogP contribution in [0, 0.1) is 28.5 Å². The van der Waals surface area contributed by atoms with Crippen LogP contribution in [0.5, 0.6) is 0 Å². The zero-order valence-electron chi connectivity index (χ0n) is 29.7. The van der Waals surface area contributed by atoms with Crippen molar-refractivity contribution in [2.45, 2.75) is 63.3 Å². The molecule has 3 aromatic heterocycles. The van der Waals surface area contributed by atoms with Crippen LogP contribution in [0.1, 0.15) is 22.1 Å².